The third-order valence-electron chi connectivity index (χ3n) is 5.80. The molecule has 0 radical (unpaired) electrons. The topological polar surface area (TPSA) is 62.5 Å². The van der Waals surface area contributed by atoms with Crippen LogP contribution in [0.2, 0.25) is 0 Å². The van der Waals surface area contributed by atoms with Gasteiger partial charge in [0.15, 0.2) is 5.60 Å². The maximum Gasteiger partial charge on any atom is 0.349 e. The van der Waals surface area contributed by atoms with Crippen LogP contribution in [0.4, 0.5) is 4.39 Å². The Labute approximate surface area is 206 Å². The molecule has 0 spiro atoms. The van der Waals surface area contributed by atoms with E-state index in [2.05, 4.69) is 6.92 Å². The highest BCUT2D eigenvalue weighted by Crippen LogP contribution is 2.21. The zero-order valence-corrected chi connectivity index (χ0v) is 21.1. The first-order chi connectivity index (χ1) is 16.7. The molecule has 1 aromatic heterocycles. The summed E-state index contributed by atoms with van der Waals surface area (Å²) in [5.74, 6) is -0.0670. The largest absolute Gasteiger partial charge is 0.476 e. The highest BCUT2D eigenvalue weighted by Gasteiger charge is 2.31. The summed E-state index contributed by atoms with van der Waals surface area (Å²) in [7, 11) is 0. The number of nitrogens with zero attached hydrogens (tertiary/aromatic N) is 2. The van der Waals surface area contributed by atoms with Crippen molar-refractivity contribution < 1.29 is 18.7 Å². The molecule has 6 nitrogen and oxygen atoms in total. The molecule has 0 N–H and O–H groups in total. The summed E-state index contributed by atoms with van der Waals surface area (Å²) in [4.78, 5) is 25.0. The SMILES string of the molecule is CCCn1c(CCCc2ccc(OC(C)(C)C(=O)OCC)cc2)cn(Cc2ccc(F)cc2)c1=O. The van der Waals surface area contributed by atoms with E-state index in [4.69, 9.17) is 9.47 Å². The molecule has 0 fully saturated rings. The fourth-order valence-electron chi connectivity index (χ4n) is 3.98. The summed E-state index contributed by atoms with van der Waals surface area (Å²) in [6.07, 6.45) is 5.32. The summed E-state index contributed by atoms with van der Waals surface area (Å²) >= 11 is 0. The van der Waals surface area contributed by atoms with Crippen LogP contribution in [0.3, 0.4) is 0 Å². The van der Waals surface area contributed by atoms with Crippen molar-refractivity contribution in [3.8, 4) is 5.75 Å². The minimum Gasteiger partial charge on any atom is -0.476 e. The van der Waals surface area contributed by atoms with Gasteiger partial charge in [-0.3, -0.25) is 9.13 Å². The fourth-order valence-corrected chi connectivity index (χ4v) is 3.98. The van der Waals surface area contributed by atoms with Crippen LogP contribution in [-0.4, -0.2) is 27.3 Å². The van der Waals surface area contributed by atoms with Crippen molar-refractivity contribution in [1.29, 1.82) is 0 Å². The summed E-state index contributed by atoms with van der Waals surface area (Å²) < 4.78 is 27.6. The van der Waals surface area contributed by atoms with Crippen LogP contribution in [0.5, 0.6) is 5.75 Å². The van der Waals surface area contributed by atoms with Crippen LogP contribution < -0.4 is 10.4 Å². The van der Waals surface area contributed by atoms with Crippen molar-refractivity contribution in [1.82, 2.24) is 9.13 Å². The van der Waals surface area contributed by atoms with Gasteiger partial charge in [0.1, 0.15) is 11.6 Å². The van der Waals surface area contributed by atoms with Crippen molar-refractivity contribution in [3.63, 3.8) is 0 Å². The van der Waals surface area contributed by atoms with Crippen LogP contribution in [0.1, 0.15) is 57.4 Å². The zero-order chi connectivity index (χ0) is 25.4. The molecule has 0 aliphatic rings. The number of halogens is 1. The maximum absolute atomic E-state index is 13.2. The van der Waals surface area contributed by atoms with Crippen LogP contribution in [0.25, 0.3) is 0 Å². The molecule has 0 saturated carbocycles. The van der Waals surface area contributed by atoms with Crippen molar-refractivity contribution >= 4 is 5.97 Å². The molecule has 0 bridgehead atoms. The number of carbonyl (C=O) groups is 1. The lowest BCUT2D eigenvalue weighted by Gasteiger charge is -2.24. The Hall–Kier alpha value is -3.35. The summed E-state index contributed by atoms with van der Waals surface area (Å²) in [5.41, 5.74) is 1.97. The van der Waals surface area contributed by atoms with Gasteiger partial charge in [-0.2, -0.15) is 0 Å². The quantitative estimate of drug-likeness (QED) is 0.335. The molecule has 2 aromatic carbocycles. The zero-order valence-electron chi connectivity index (χ0n) is 21.1. The fraction of sp³-hybridized carbons (Fsp3) is 0.429. The Morgan fingerprint density at radius 1 is 0.971 bits per heavy atom. The second-order valence-corrected chi connectivity index (χ2v) is 9.14. The summed E-state index contributed by atoms with van der Waals surface area (Å²) in [5, 5.41) is 0. The van der Waals surface area contributed by atoms with Crippen molar-refractivity contribution in [2.75, 3.05) is 6.61 Å². The normalized spacial score (nSPS) is 11.5. The monoisotopic (exact) mass is 482 g/mol. The first kappa shape index (κ1) is 26.3. The third-order valence-corrected chi connectivity index (χ3v) is 5.80. The Kier molecular flexibility index (Phi) is 8.90. The van der Waals surface area contributed by atoms with Gasteiger partial charge in [0.25, 0.3) is 0 Å². The molecule has 0 amide bonds. The number of aryl methyl sites for hydroxylation is 2. The molecule has 1 heterocycles. The van der Waals surface area contributed by atoms with Crippen LogP contribution >= 0.6 is 0 Å². The minimum absolute atomic E-state index is 0.0307. The van der Waals surface area contributed by atoms with E-state index >= 15 is 0 Å². The predicted molar refractivity (Wildman–Crippen MR) is 134 cm³/mol. The van der Waals surface area contributed by atoms with Crippen LogP contribution in [0, 0.1) is 5.82 Å². The lowest BCUT2D eigenvalue weighted by molar-refractivity contribution is -0.158. The van der Waals surface area contributed by atoms with Crippen molar-refractivity contribution in [2.45, 2.75) is 72.1 Å². The van der Waals surface area contributed by atoms with E-state index in [0.29, 0.717) is 25.4 Å². The lowest BCUT2D eigenvalue weighted by Crippen LogP contribution is -2.39. The van der Waals surface area contributed by atoms with Gasteiger partial charge in [0.2, 0.25) is 0 Å². The van der Waals surface area contributed by atoms with Gasteiger partial charge in [-0.25, -0.2) is 14.0 Å². The van der Waals surface area contributed by atoms with Gasteiger partial charge in [0, 0.05) is 18.4 Å². The number of carbonyl (C=O) groups excluding carboxylic acids is 1. The molecule has 0 unspecified atom stereocenters. The molecule has 0 aliphatic carbocycles. The Balaban J connectivity index is 1.61. The van der Waals surface area contributed by atoms with Gasteiger partial charge in [0.05, 0.1) is 13.2 Å². The number of imidazole rings is 1. The number of hydrogen-bond acceptors (Lipinski definition) is 4. The van der Waals surface area contributed by atoms with E-state index in [0.717, 1.165) is 42.5 Å². The van der Waals surface area contributed by atoms with Gasteiger partial charge in [-0.15, -0.1) is 0 Å². The molecule has 0 atom stereocenters. The molecule has 0 saturated heterocycles. The number of benzene rings is 2. The average molecular weight is 483 g/mol. The maximum atomic E-state index is 13.2. The molecule has 3 rings (SSSR count). The second-order valence-electron chi connectivity index (χ2n) is 9.14. The summed E-state index contributed by atoms with van der Waals surface area (Å²) in [6, 6.07) is 14.0. The van der Waals surface area contributed by atoms with Gasteiger partial charge in [-0.05, 0) is 81.8 Å². The molecular weight excluding hydrogens is 447 g/mol. The number of ether oxygens (including phenoxy) is 2. The van der Waals surface area contributed by atoms with Gasteiger partial charge >= 0.3 is 11.7 Å². The Morgan fingerprint density at radius 2 is 1.63 bits per heavy atom. The molecule has 7 heteroatoms. The van der Waals surface area contributed by atoms with Crippen LogP contribution in [-0.2, 0) is 35.5 Å². The van der Waals surface area contributed by atoms with E-state index in [1.165, 1.54) is 12.1 Å². The average Bonchev–Trinajstić information content (AvgIpc) is 3.11. The first-order valence-corrected chi connectivity index (χ1v) is 12.2. The smallest absolute Gasteiger partial charge is 0.349 e. The van der Waals surface area contributed by atoms with E-state index in [-0.39, 0.29) is 11.5 Å². The minimum atomic E-state index is -1.05. The van der Waals surface area contributed by atoms with Gasteiger partial charge < -0.3 is 9.47 Å². The van der Waals surface area contributed by atoms with Gasteiger partial charge in [-0.1, -0.05) is 31.2 Å². The Morgan fingerprint density at radius 3 is 2.26 bits per heavy atom. The number of aromatic nitrogens is 2. The number of rotatable bonds is 12. The van der Waals surface area contributed by atoms with E-state index in [9.17, 15) is 14.0 Å². The van der Waals surface area contributed by atoms with Crippen molar-refractivity contribution in [2.24, 2.45) is 0 Å². The molecule has 35 heavy (non-hydrogen) atoms. The van der Waals surface area contributed by atoms with Crippen LogP contribution in [0.15, 0.2) is 59.5 Å². The highest BCUT2D eigenvalue weighted by atomic mass is 19.1. The predicted octanol–water partition coefficient (Wildman–Crippen LogP) is 5.14. The molecule has 0 aliphatic heterocycles. The number of hydrogen-bond donors (Lipinski definition) is 0. The first-order valence-electron chi connectivity index (χ1n) is 12.2. The third kappa shape index (κ3) is 7.07. The van der Waals surface area contributed by atoms with E-state index in [1.54, 1.807) is 37.5 Å². The molecule has 188 valence electrons. The van der Waals surface area contributed by atoms with Crippen molar-refractivity contribution in [3.05, 3.63) is 87.9 Å². The highest BCUT2D eigenvalue weighted by molar-refractivity contribution is 5.79. The standard InChI is InChI=1S/C28H35FN2O4/c1-5-18-31-24(20-30(27(31)33)19-22-10-14-23(29)15-11-22)9-7-8-21-12-16-25(17-13-21)35-28(3,4)26(32)34-6-2/h10-17,20H,5-9,18-19H2,1-4H3. The second kappa shape index (κ2) is 11.9. The lowest BCUT2D eigenvalue weighted by atomic mass is 10.1. The molecule has 3 aromatic rings. The molecular formula is C28H35FN2O4. The van der Waals surface area contributed by atoms with E-state index in [1.807, 2.05) is 35.0 Å². The Bertz CT molecular complexity index is 1160. The van der Waals surface area contributed by atoms with E-state index < -0.39 is 11.6 Å². The number of esters is 1. The summed E-state index contributed by atoms with van der Waals surface area (Å²) in [6.45, 7) is 8.62.